The first-order valence-electron chi connectivity index (χ1n) is 7.18. The van der Waals surface area contributed by atoms with Crippen LogP contribution in [0.2, 0.25) is 0 Å². The number of hydrogen-bond donors (Lipinski definition) is 2. The number of amides is 1. The fraction of sp³-hybridized carbons (Fsp3) is 0.929. The Kier molecular flexibility index (Phi) is 3.80. The van der Waals surface area contributed by atoms with Gasteiger partial charge in [-0.05, 0) is 40.0 Å². The van der Waals surface area contributed by atoms with E-state index in [1.165, 1.54) is 0 Å². The molecule has 2 aliphatic rings. The molecule has 0 aromatic carbocycles. The Balaban J connectivity index is 2.19. The number of hydrogen-bond acceptors (Lipinski definition) is 4. The normalized spacial score (nSPS) is 35.1. The van der Waals surface area contributed by atoms with Crippen molar-refractivity contribution < 1.29 is 14.6 Å². The van der Waals surface area contributed by atoms with Gasteiger partial charge in [0.25, 0.3) is 0 Å². The third kappa shape index (κ3) is 2.87. The van der Waals surface area contributed by atoms with Crippen LogP contribution in [0.1, 0.15) is 52.9 Å². The first-order valence-corrected chi connectivity index (χ1v) is 7.18. The lowest BCUT2D eigenvalue weighted by molar-refractivity contribution is 0.00391. The lowest BCUT2D eigenvalue weighted by Crippen LogP contribution is -2.55. The second-order valence-electron chi connectivity index (χ2n) is 6.92. The molecule has 0 aromatic heterocycles. The van der Waals surface area contributed by atoms with Crippen molar-refractivity contribution in [1.29, 1.82) is 0 Å². The van der Waals surface area contributed by atoms with Crippen LogP contribution in [0.15, 0.2) is 0 Å². The maximum atomic E-state index is 12.4. The van der Waals surface area contributed by atoms with E-state index in [9.17, 15) is 9.90 Å². The first kappa shape index (κ1) is 14.6. The van der Waals surface area contributed by atoms with E-state index in [2.05, 4.69) is 0 Å². The molecule has 5 nitrogen and oxygen atoms in total. The first-order chi connectivity index (χ1) is 8.77. The highest BCUT2D eigenvalue weighted by Gasteiger charge is 2.53. The van der Waals surface area contributed by atoms with Crippen LogP contribution in [0.3, 0.4) is 0 Å². The predicted molar refractivity (Wildman–Crippen MR) is 72.7 cm³/mol. The van der Waals surface area contributed by atoms with Crippen molar-refractivity contribution in [2.45, 2.75) is 76.1 Å². The largest absolute Gasteiger partial charge is 0.444 e. The Morgan fingerprint density at radius 2 is 2.16 bits per heavy atom. The van der Waals surface area contributed by atoms with E-state index in [4.69, 9.17) is 10.5 Å². The highest BCUT2D eigenvalue weighted by Crippen LogP contribution is 2.41. The molecule has 0 bridgehead atoms. The second-order valence-corrected chi connectivity index (χ2v) is 6.92. The number of aliphatic hydroxyl groups is 1. The number of fused-ring (bicyclic) bond motifs is 1. The summed E-state index contributed by atoms with van der Waals surface area (Å²) in [5.41, 5.74) is 5.59. The number of rotatable bonds is 1. The van der Waals surface area contributed by atoms with Crippen LogP contribution in [0.4, 0.5) is 4.79 Å². The number of nitrogens with zero attached hydrogens (tertiary/aromatic N) is 1. The van der Waals surface area contributed by atoms with Gasteiger partial charge >= 0.3 is 6.09 Å². The van der Waals surface area contributed by atoms with E-state index in [1.807, 2.05) is 20.8 Å². The Morgan fingerprint density at radius 1 is 1.47 bits per heavy atom. The third-order valence-electron chi connectivity index (χ3n) is 4.19. The summed E-state index contributed by atoms with van der Waals surface area (Å²) < 4.78 is 5.47. The van der Waals surface area contributed by atoms with Crippen LogP contribution in [0.25, 0.3) is 0 Å². The monoisotopic (exact) mass is 270 g/mol. The van der Waals surface area contributed by atoms with Gasteiger partial charge in [-0.2, -0.15) is 0 Å². The zero-order chi connectivity index (χ0) is 14.3. The molecule has 0 spiro atoms. The average Bonchev–Trinajstić information content (AvgIpc) is 2.59. The summed E-state index contributed by atoms with van der Waals surface area (Å²) in [6, 6.07) is -0.198. The van der Waals surface area contributed by atoms with E-state index in [0.717, 1.165) is 25.7 Å². The molecule has 2 fully saturated rings. The second kappa shape index (κ2) is 4.94. The average molecular weight is 270 g/mol. The molecule has 110 valence electrons. The van der Waals surface area contributed by atoms with Crippen molar-refractivity contribution in [2.24, 2.45) is 5.73 Å². The lowest BCUT2D eigenvalue weighted by Gasteiger charge is -2.39. The van der Waals surface area contributed by atoms with E-state index in [1.54, 1.807) is 4.90 Å². The maximum absolute atomic E-state index is 12.4. The number of ether oxygens (including phenoxy) is 1. The Morgan fingerprint density at radius 3 is 2.74 bits per heavy atom. The summed E-state index contributed by atoms with van der Waals surface area (Å²) in [6.45, 7) is 5.51. The highest BCUT2D eigenvalue weighted by molar-refractivity contribution is 5.70. The maximum Gasteiger partial charge on any atom is 0.410 e. The van der Waals surface area contributed by atoms with Gasteiger partial charge in [-0.15, -0.1) is 0 Å². The number of carbonyl (C=O) groups is 1. The minimum Gasteiger partial charge on any atom is -0.444 e. The van der Waals surface area contributed by atoms with Crippen molar-refractivity contribution in [3.63, 3.8) is 0 Å². The highest BCUT2D eigenvalue weighted by atomic mass is 16.6. The van der Waals surface area contributed by atoms with Crippen molar-refractivity contribution in [2.75, 3.05) is 6.61 Å². The molecule has 2 rings (SSSR count). The van der Waals surface area contributed by atoms with Gasteiger partial charge in [-0.1, -0.05) is 12.8 Å². The SMILES string of the molecule is CC(C)(C)OC(=O)N1C2CCCCC2(N)C[C@H]1CO. The molecule has 3 atom stereocenters. The molecule has 3 N–H and O–H groups in total. The zero-order valence-electron chi connectivity index (χ0n) is 12.2. The van der Waals surface area contributed by atoms with Crippen molar-refractivity contribution in [3.8, 4) is 0 Å². The lowest BCUT2D eigenvalue weighted by atomic mass is 9.78. The smallest absolute Gasteiger partial charge is 0.410 e. The summed E-state index contributed by atoms with van der Waals surface area (Å²) in [4.78, 5) is 14.1. The van der Waals surface area contributed by atoms with Crippen LogP contribution in [0.5, 0.6) is 0 Å². The number of nitrogens with two attached hydrogens (primary N) is 1. The minimum absolute atomic E-state index is 0.00764. The van der Waals surface area contributed by atoms with Crippen molar-refractivity contribution in [1.82, 2.24) is 4.90 Å². The molecule has 1 aliphatic heterocycles. The number of aliphatic hydroxyl groups excluding tert-OH is 1. The van der Waals surface area contributed by atoms with Gasteiger partial charge in [0.05, 0.1) is 18.7 Å². The van der Waals surface area contributed by atoms with Gasteiger partial charge in [-0.25, -0.2) is 4.79 Å². The molecular formula is C14H26N2O3. The molecule has 5 heteroatoms. The third-order valence-corrected chi connectivity index (χ3v) is 4.19. The molecule has 0 aromatic rings. The van der Waals surface area contributed by atoms with E-state index < -0.39 is 5.60 Å². The molecule has 1 aliphatic carbocycles. The Bertz CT molecular complexity index is 353. The standard InChI is InChI=1S/C14H26N2O3/c1-13(2,3)19-12(18)16-10(9-17)8-14(15)7-5-4-6-11(14)16/h10-11,17H,4-9,15H2,1-3H3/t10-,11?,14?/m0/s1. The van der Waals surface area contributed by atoms with Gasteiger partial charge < -0.3 is 15.6 Å². The van der Waals surface area contributed by atoms with Crippen LogP contribution < -0.4 is 5.73 Å². The molecule has 1 heterocycles. The molecule has 2 unspecified atom stereocenters. The topological polar surface area (TPSA) is 75.8 Å². The van der Waals surface area contributed by atoms with Gasteiger partial charge in [0.15, 0.2) is 0 Å². The summed E-state index contributed by atoms with van der Waals surface area (Å²) in [6.07, 6.45) is 4.35. The Hall–Kier alpha value is -0.810. The van der Waals surface area contributed by atoms with E-state index in [0.29, 0.717) is 6.42 Å². The van der Waals surface area contributed by atoms with Crippen molar-refractivity contribution in [3.05, 3.63) is 0 Å². The van der Waals surface area contributed by atoms with E-state index in [-0.39, 0.29) is 30.3 Å². The fourth-order valence-electron chi connectivity index (χ4n) is 3.44. The van der Waals surface area contributed by atoms with Crippen LogP contribution in [0, 0.1) is 0 Å². The van der Waals surface area contributed by atoms with Crippen LogP contribution >= 0.6 is 0 Å². The molecule has 1 amide bonds. The van der Waals surface area contributed by atoms with Crippen molar-refractivity contribution >= 4 is 6.09 Å². The van der Waals surface area contributed by atoms with E-state index >= 15 is 0 Å². The quantitative estimate of drug-likeness (QED) is 0.759. The summed E-state index contributed by atoms with van der Waals surface area (Å²) >= 11 is 0. The van der Waals surface area contributed by atoms with Gasteiger partial charge in [-0.3, -0.25) is 4.90 Å². The minimum atomic E-state index is -0.522. The molecule has 1 saturated carbocycles. The fourth-order valence-corrected chi connectivity index (χ4v) is 3.44. The molecular weight excluding hydrogens is 244 g/mol. The van der Waals surface area contributed by atoms with Crippen LogP contribution in [-0.4, -0.2) is 45.9 Å². The number of carbonyl (C=O) groups excluding carboxylic acids is 1. The van der Waals surface area contributed by atoms with Crippen LogP contribution in [-0.2, 0) is 4.74 Å². The zero-order valence-corrected chi connectivity index (χ0v) is 12.2. The molecule has 19 heavy (non-hydrogen) atoms. The Labute approximate surface area is 115 Å². The summed E-state index contributed by atoms with van der Waals surface area (Å²) in [7, 11) is 0. The number of likely N-dealkylation sites (tertiary alicyclic amines) is 1. The van der Waals surface area contributed by atoms with Gasteiger partial charge in [0, 0.05) is 5.54 Å². The predicted octanol–water partition coefficient (Wildman–Crippen LogP) is 1.63. The van der Waals surface area contributed by atoms with Gasteiger partial charge in [0.2, 0.25) is 0 Å². The summed E-state index contributed by atoms with van der Waals surface area (Å²) in [5, 5.41) is 9.54. The molecule has 1 saturated heterocycles. The molecule has 0 radical (unpaired) electrons. The van der Waals surface area contributed by atoms with Gasteiger partial charge in [0.1, 0.15) is 5.60 Å². The summed E-state index contributed by atoms with van der Waals surface area (Å²) in [5.74, 6) is 0.